The molecular weight excluding hydrogens is 196 g/mol. The molecule has 6 heteroatoms. The first-order valence-corrected chi connectivity index (χ1v) is 4.74. The number of amides is 1. The van der Waals surface area contributed by atoms with Gasteiger partial charge in [0.1, 0.15) is 5.60 Å². The Morgan fingerprint density at radius 2 is 2.13 bits per heavy atom. The van der Waals surface area contributed by atoms with Crippen molar-refractivity contribution in [1.82, 2.24) is 4.90 Å². The van der Waals surface area contributed by atoms with Crippen LogP contribution in [-0.4, -0.2) is 36.2 Å². The van der Waals surface area contributed by atoms with Crippen molar-refractivity contribution < 1.29 is 9.53 Å². The van der Waals surface area contributed by atoms with Crippen molar-refractivity contribution in [2.24, 2.45) is 5.11 Å². The van der Waals surface area contributed by atoms with Crippen molar-refractivity contribution >= 4 is 6.09 Å². The zero-order chi connectivity index (χ0) is 12.1. The number of carbonyl (C=O) groups excluding carboxylic acids is 1. The van der Waals surface area contributed by atoms with E-state index in [1.807, 2.05) is 0 Å². The molecule has 15 heavy (non-hydrogen) atoms. The third-order valence-electron chi connectivity index (χ3n) is 1.75. The molecule has 0 bridgehead atoms. The predicted octanol–water partition coefficient (Wildman–Crippen LogP) is 2.55. The second-order valence-corrected chi connectivity index (χ2v) is 4.35. The number of likely N-dealkylation sites (N-methyl/N-ethyl adjacent to an activating group) is 1. The van der Waals surface area contributed by atoms with Crippen molar-refractivity contribution in [1.29, 1.82) is 0 Å². The maximum absolute atomic E-state index is 11.5. The number of hydrogen-bond acceptors (Lipinski definition) is 3. The molecule has 0 saturated carbocycles. The largest absolute Gasteiger partial charge is 0.444 e. The van der Waals surface area contributed by atoms with Crippen LogP contribution in [0, 0.1) is 0 Å². The highest BCUT2D eigenvalue weighted by molar-refractivity contribution is 5.68. The molecule has 1 amide bonds. The number of rotatable bonds is 3. The molecular formula is C9H18N4O2. The highest BCUT2D eigenvalue weighted by Crippen LogP contribution is 2.10. The number of carbonyl (C=O) groups is 1. The van der Waals surface area contributed by atoms with Crippen LogP contribution in [0.2, 0.25) is 0 Å². The van der Waals surface area contributed by atoms with Crippen LogP contribution < -0.4 is 0 Å². The first-order chi connectivity index (χ1) is 6.78. The Morgan fingerprint density at radius 1 is 1.60 bits per heavy atom. The second kappa shape index (κ2) is 5.46. The maximum Gasteiger partial charge on any atom is 0.410 e. The molecule has 86 valence electrons. The van der Waals surface area contributed by atoms with E-state index in [0.717, 1.165) is 0 Å². The van der Waals surface area contributed by atoms with E-state index in [0.29, 0.717) is 0 Å². The Labute approximate surface area is 89.8 Å². The zero-order valence-electron chi connectivity index (χ0n) is 9.89. The minimum absolute atomic E-state index is 0.171. The summed E-state index contributed by atoms with van der Waals surface area (Å²) in [6, 6.07) is -0.171. The van der Waals surface area contributed by atoms with Crippen molar-refractivity contribution in [2.75, 3.05) is 13.6 Å². The van der Waals surface area contributed by atoms with E-state index in [9.17, 15) is 4.79 Å². The van der Waals surface area contributed by atoms with Gasteiger partial charge in [-0.2, -0.15) is 0 Å². The molecule has 0 radical (unpaired) electrons. The van der Waals surface area contributed by atoms with Gasteiger partial charge in [0.2, 0.25) is 0 Å². The molecule has 0 heterocycles. The molecule has 1 atom stereocenters. The second-order valence-electron chi connectivity index (χ2n) is 4.35. The van der Waals surface area contributed by atoms with Crippen molar-refractivity contribution in [3.8, 4) is 0 Å². The fourth-order valence-corrected chi connectivity index (χ4v) is 0.791. The van der Waals surface area contributed by atoms with Gasteiger partial charge < -0.3 is 9.64 Å². The van der Waals surface area contributed by atoms with E-state index in [4.69, 9.17) is 10.3 Å². The van der Waals surface area contributed by atoms with Crippen LogP contribution in [0.15, 0.2) is 5.11 Å². The Morgan fingerprint density at radius 3 is 2.53 bits per heavy atom. The number of azide groups is 1. The maximum atomic E-state index is 11.5. The summed E-state index contributed by atoms with van der Waals surface area (Å²) >= 11 is 0. The third kappa shape index (κ3) is 5.80. The van der Waals surface area contributed by atoms with Crippen molar-refractivity contribution in [2.45, 2.75) is 39.3 Å². The lowest BCUT2D eigenvalue weighted by molar-refractivity contribution is 0.0242. The SMILES string of the molecule is CC(CN=[N+]=[N-])N(C)C(=O)OC(C)(C)C. The van der Waals surface area contributed by atoms with Gasteiger partial charge in [-0.1, -0.05) is 5.11 Å². The van der Waals surface area contributed by atoms with Gasteiger partial charge in [0, 0.05) is 24.5 Å². The quantitative estimate of drug-likeness (QED) is 0.411. The molecule has 6 nitrogen and oxygen atoms in total. The van der Waals surface area contributed by atoms with Crippen molar-refractivity contribution in [3.05, 3.63) is 10.4 Å². The van der Waals surface area contributed by atoms with E-state index in [-0.39, 0.29) is 12.6 Å². The van der Waals surface area contributed by atoms with Crippen LogP contribution in [-0.2, 0) is 4.74 Å². The lowest BCUT2D eigenvalue weighted by Crippen LogP contribution is -2.40. The number of hydrogen-bond donors (Lipinski definition) is 0. The molecule has 0 aliphatic carbocycles. The summed E-state index contributed by atoms with van der Waals surface area (Å²) in [6.07, 6.45) is -0.414. The number of nitrogens with zero attached hydrogens (tertiary/aromatic N) is 4. The average molecular weight is 214 g/mol. The monoisotopic (exact) mass is 214 g/mol. The van der Waals surface area contributed by atoms with E-state index >= 15 is 0 Å². The van der Waals surface area contributed by atoms with E-state index in [1.54, 1.807) is 34.7 Å². The lowest BCUT2D eigenvalue weighted by Gasteiger charge is -2.27. The topological polar surface area (TPSA) is 78.3 Å². The minimum atomic E-state index is -0.510. The highest BCUT2D eigenvalue weighted by atomic mass is 16.6. The minimum Gasteiger partial charge on any atom is -0.444 e. The van der Waals surface area contributed by atoms with Crippen LogP contribution in [0.25, 0.3) is 10.4 Å². The summed E-state index contributed by atoms with van der Waals surface area (Å²) in [6.45, 7) is 7.44. The normalized spacial score (nSPS) is 12.6. The Hall–Kier alpha value is -1.42. The van der Waals surface area contributed by atoms with Gasteiger partial charge in [0.25, 0.3) is 0 Å². The molecule has 0 aliphatic rings. The van der Waals surface area contributed by atoms with Gasteiger partial charge in [-0.3, -0.25) is 0 Å². The summed E-state index contributed by atoms with van der Waals surface area (Å²) < 4.78 is 5.15. The summed E-state index contributed by atoms with van der Waals surface area (Å²) in [5.41, 5.74) is 7.64. The molecule has 1 unspecified atom stereocenters. The smallest absolute Gasteiger partial charge is 0.410 e. The number of ether oxygens (including phenoxy) is 1. The molecule has 0 rings (SSSR count). The van der Waals surface area contributed by atoms with Crippen molar-refractivity contribution in [3.63, 3.8) is 0 Å². The standard InChI is InChI=1S/C9H18N4O2/c1-7(6-11-12-10)13(5)8(14)15-9(2,3)4/h7H,6H2,1-5H3. The first-order valence-electron chi connectivity index (χ1n) is 4.74. The predicted molar refractivity (Wildman–Crippen MR) is 57.5 cm³/mol. The molecule has 0 N–H and O–H groups in total. The molecule has 0 saturated heterocycles. The molecule has 0 spiro atoms. The van der Waals surface area contributed by atoms with Crippen LogP contribution in [0.5, 0.6) is 0 Å². The van der Waals surface area contributed by atoms with E-state index in [2.05, 4.69) is 10.0 Å². The summed E-state index contributed by atoms with van der Waals surface area (Å²) in [5, 5.41) is 3.40. The zero-order valence-corrected chi connectivity index (χ0v) is 9.89. The molecule has 0 aromatic heterocycles. The third-order valence-corrected chi connectivity index (χ3v) is 1.75. The molecule has 0 aromatic rings. The van der Waals surface area contributed by atoms with Gasteiger partial charge in [-0.15, -0.1) is 0 Å². The Balaban J connectivity index is 4.25. The van der Waals surface area contributed by atoms with Crippen LogP contribution in [0.1, 0.15) is 27.7 Å². The van der Waals surface area contributed by atoms with Gasteiger partial charge in [0.15, 0.2) is 0 Å². The fourth-order valence-electron chi connectivity index (χ4n) is 0.791. The van der Waals surface area contributed by atoms with Gasteiger partial charge >= 0.3 is 6.09 Å². The lowest BCUT2D eigenvalue weighted by atomic mass is 10.2. The Kier molecular flexibility index (Phi) is 4.94. The van der Waals surface area contributed by atoms with Crippen LogP contribution in [0.4, 0.5) is 4.79 Å². The van der Waals surface area contributed by atoms with Gasteiger partial charge in [0.05, 0.1) is 0 Å². The summed E-state index contributed by atoms with van der Waals surface area (Å²) in [7, 11) is 1.62. The first kappa shape index (κ1) is 13.6. The summed E-state index contributed by atoms with van der Waals surface area (Å²) in [4.78, 5) is 15.6. The van der Waals surface area contributed by atoms with Gasteiger partial charge in [-0.05, 0) is 33.2 Å². The van der Waals surface area contributed by atoms with E-state index < -0.39 is 11.7 Å². The molecule has 0 fully saturated rings. The molecule has 0 aromatic carbocycles. The molecule has 0 aliphatic heterocycles. The average Bonchev–Trinajstić information content (AvgIpc) is 2.10. The van der Waals surface area contributed by atoms with E-state index in [1.165, 1.54) is 4.90 Å². The van der Waals surface area contributed by atoms with Crippen LogP contribution in [0.3, 0.4) is 0 Å². The fraction of sp³-hybridized carbons (Fsp3) is 0.889. The Bertz CT molecular complexity index is 266. The van der Waals surface area contributed by atoms with Gasteiger partial charge in [-0.25, -0.2) is 4.79 Å². The summed E-state index contributed by atoms with van der Waals surface area (Å²) in [5.74, 6) is 0. The highest BCUT2D eigenvalue weighted by Gasteiger charge is 2.22. The van der Waals surface area contributed by atoms with Crippen LogP contribution >= 0.6 is 0 Å².